The van der Waals surface area contributed by atoms with Crippen LogP contribution in [0.25, 0.3) is 22.6 Å². The van der Waals surface area contributed by atoms with E-state index in [2.05, 4.69) is 29.5 Å². The van der Waals surface area contributed by atoms with Crippen LogP contribution in [0.2, 0.25) is 5.02 Å². The molecule has 2 fully saturated rings. The van der Waals surface area contributed by atoms with Gasteiger partial charge in [0.05, 0.1) is 17.2 Å². The van der Waals surface area contributed by atoms with Crippen LogP contribution in [0.15, 0.2) is 61.1 Å². The molecular weight excluding hydrogens is 486 g/mol. The Hall–Kier alpha value is -3.36. The summed E-state index contributed by atoms with van der Waals surface area (Å²) in [5.74, 6) is 1.29. The van der Waals surface area contributed by atoms with Crippen molar-refractivity contribution in [3.8, 4) is 11.5 Å². The molecule has 8 nitrogen and oxygen atoms in total. The van der Waals surface area contributed by atoms with Gasteiger partial charge in [0, 0.05) is 49.0 Å². The first-order valence-electron chi connectivity index (χ1n) is 13.0. The average molecular weight is 516 g/mol. The molecule has 2 aliphatic heterocycles. The van der Waals surface area contributed by atoms with E-state index in [9.17, 15) is 4.79 Å². The van der Waals surface area contributed by atoms with Crippen LogP contribution in [0.5, 0.6) is 0 Å². The number of piperidine rings is 2. The fourth-order valence-electron chi connectivity index (χ4n) is 5.73. The highest BCUT2D eigenvalue weighted by Crippen LogP contribution is 2.34. The van der Waals surface area contributed by atoms with E-state index in [0.717, 1.165) is 81.0 Å². The molecule has 1 aromatic carbocycles. The van der Waals surface area contributed by atoms with Gasteiger partial charge in [-0.05, 0) is 80.7 Å². The summed E-state index contributed by atoms with van der Waals surface area (Å²) >= 11 is 6.27. The molecular formula is C28H30ClN7O. The Bertz CT molecular complexity index is 1360. The fourth-order valence-corrected chi connectivity index (χ4v) is 5.89. The number of hydrogen-bond donors (Lipinski definition) is 0. The maximum Gasteiger partial charge on any atom is 0.225 e. The van der Waals surface area contributed by atoms with Gasteiger partial charge in [-0.1, -0.05) is 17.7 Å². The second kappa shape index (κ2) is 10.6. The predicted octanol–water partition coefficient (Wildman–Crippen LogP) is 4.62. The smallest absolute Gasteiger partial charge is 0.225 e. The van der Waals surface area contributed by atoms with Gasteiger partial charge in [-0.25, -0.2) is 4.98 Å². The topological polar surface area (TPSA) is 80.0 Å². The van der Waals surface area contributed by atoms with Crippen molar-refractivity contribution >= 4 is 28.5 Å². The Balaban J connectivity index is 1.12. The van der Waals surface area contributed by atoms with Crippen LogP contribution >= 0.6 is 11.6 Å². The molecule has 0 N–H and O–H groups in total. The van der Waals surface area contributed by atoms with Crippen molar-refractivity contribution in [1.29, 1.82) is 0 Å². The van der Waals surface area contributed by atoms with Gasteiger partial charge in [-0.15, -0.1) is 0 Å². The number of halogens is 1. The highest BCUT2D eigenvalue weighted by Gasteiger charge is 2.32. The summed E-state index contributed by atoms with van der Waals surface area (Å²) < 4.78 is 2.31. The van der Waals surface area contributed by atoms with Gasteiger partial charge in [-0.3, -0.25) is 14.7 Å². The van der Waals surface area contributed by atoms with Crippen molar-refractivity contribution in [1.82, 2.24) is 34.5 Å². The lowest BCUT2D eigenvalue weighted by Crippen LogP contribution is -2.45. The number of nitrogens with zero attached hydrogens (tertiary/aromatic N) is 7. The molecule has 37 heavy (non-hydrogen) atoms. The molecule has 0 aliphatic carbocycles. The SMILES string of the molecule is O=C(C1CCN(Cc2ccnnc2)CC1)N1CCC(n2c(-c3ccccn3)nc3cc(Cl)ccc32)CC1. The number of imidazole rings is 1. The molecule has 0 atom stereocenters. The van der Waals surface area contributed by atoms with E-state index < -0.39 is 0 Å². The summed E-state index contributed by atoms with van der Waals surface area (Å²) in [4.78, 5) is 27.4. The highest BCUT2D eigenvalue weighted by molar-refractivity contribution is 6.31. The number of carbonyl (C=O) groups excluding carboxylic acids is 1. The number of aromatic nitrogens is 5. The second-order valence-corrected chi connectivity index (χ2v) is 10.4. The average Bonchev–Trinajstić information content (AvgIpc) is 3.33. The standard InChI is InChI=1S/C28H30ClN7O/c29-22-4-5-26-25(17-22)33-27(24-3-1-2-11-30-24)36(26)23-9-15-35(16-10-23)28(37)21-7-13-34(14-8-21)19-20-6-12-31-32-18-20/h1-6,11-12,17-18,21,23H,7-10,13-16,19H2. The Labute approximate surface area is 221 Å². The summed E-state index contributed by atoms with van der Waals surface area (Å²) in [6.07, 6.45) is 8.96. The monoisotopic (exact) mass is 515 g/mol. The number of rotatable bonds is 5. The molecule has 1 amide bonds. The first-order chi connectivity index (χ1) is 18.2. The Morgan fingerprint density at radius 2 is 1.78 bits per heavy atom. The van der Waals surface area contributed by atoms with Crippen LogP contribution in [0.3, 0.4) is 0 Å². The minimum atomic E-state index is 0.115. The van der Waals surface area contributed by atoms with Gasteiger partial charge >= 0.3 is 0 Å². The lowest BCUT2D eigenvalue weighted by atomic mass is 9.93. The second-order valence-electron chi connectivity index (χ2n) is 10.0. The lowest BCUT2D eigenvalue weighted by molar-refractivity contribution is -0.138. The van der Waals surface area contributed by atoms with Crippen molar-refractivity contribution in [3.63, 3.8) is 0 Å². The molecule has 0 radical (unpaired) electrons. The number of carbonyl (C=O) groups is 1. The van der Waals surface area contributed by atoms with Crippen molar-refractivity contribution in [2.75, 3.05) is 26.2 Å². The van der Waals surface area contributed by atoms with Crippen molar-refractivity contribution < 1.29 is 4.79 Å². The number of amides is 1. The molecule has 6 rings (SSSR count). The predicted molar refractivity (Wildman–Crippen MR) is 143 cm³/mol. The molecule has 2 saturated heterocycles. The van der Waals surface area contributed by atoms with Gasteiger partial charge in [-0.2, -0.15) is 10.2 Å². The Kier molecular flexibility index (Phi) is 6.85. The van der Waals surface area contributed by atoms with E-state index in [1.165, 1.54) is 5.56 Å². The third-order valence-electron chi connectivity index (χ3n) is 7.68. The Morgan fingerprint density at radius 3 is 2.51 bits per heavy atom. The molecule has 0 saturated carbocycles. The van der Waals surface area contributed by atoms with Gasteiger partial charge < -0.3 is 9.47 Å². The summed E-state index contributed by atoms with van der Waals surface area (Å²) in [7, 11) is 0. The normalized spacial score (nSPS) is 17.9. The number of likely N-dealkylation sites (tertiary alicyclic amines) is 2. The largest absolute Gasteiger partial charge is 0.342 e. The summed E-state index contributed by atoms with van der Waals surface area (Å²) in [5.41, 5.74) is 3.96. The molecule has 9 heteroatoms. The van der Waals surface area contributed by atoms with Crippen molar-refractivity contribution in [2.45, 2.75) is 38.3 Å². The van der Waals surface area contributed by atoms with Gasteiger partial charge in [0.25, 0.3) is 0 Å². The van der Waals surface area contributed by atoms with Gasteiger partial charge in [0.2, 0.25) is 5.91 Å². The maximum atomic E-state index is 13.4. The maximum absolute atomic E-state index is 13.4. The third kappa shape index (κ3) is 5.08. The Morgan fingerprint density at radius 1 is 0.946 bits per heavy atom. The molecule has 0 bridgehead atoms. The molecule has 5 heterocycles. The van der Waals surface area contributed by atoms with E-state index >= 15 is 0 Å². The van der Waals surface area contributed by atoms with E-state index in [0.29, 0.717) is 10.9 Å². The molecule has 4 aromatic rings. The first kappa shape index (κ1) is 24.0. The van der Waals surface area contributed by atoms with Crippen LogP contribution < -0.4 is 0 Å². The van der Waals surface area contributed by atoms with Crippen LogP contribution in [-0.4, -0.2) is 66.6 Å². The number of benzene rings is 1. The quantitative estimate of drug-likeness (QED) is 0.386. The van der Waals surface area contributed by atoms with E-state index in [1.807, 2.05) is 48.7 Å². The van der Waals surface area contributed by atoms with Crippen LogP contribution in [0.1, 0.15) is 37.3 Å². The highest BCUT2D eigenvalue weighted by atomic mass is 35.5. The first-order valence-corrected chi connectivity index (χ1v) is 13.4. The molecule has 3 aromatic heterocycles. The zero-order chi connectivity index (χ0) is 25.2. The van der Waals surface area contributed by atoms with E-state index in [1.54, 1.807) is 12.4 Å². The third-order valence-corrected chi connectivity index (χ3v) is 7.91. The zero-order valence-corrected chi connectivity index (χ0v) is 21.5. The van der Waals surface area contributed by atoms with Gasteiger partial charge in [0.15, 0.2) is 5.82 Å². The summed E-state index contributed by atoms with van der Waals surface area (Å²) in [5, 5.41) is 8.50. The van der Waals surface area contributed by atoms with Crippen molar-refractivity contribution in [3.05, 3.63) is 71.6 Å². The molecule has 2 aliphatic rings. The van der Waals surface area contributed by atoms with E-state index in [4.69, 9.17) is 16.6 Å². The van der Waals surface area contributed by atoms with Crippen LogP contribution in [-0.2, 0) is 11.3 Å². The van der Waals surface area contributed by atoms with Crippen LogP contribution in [0.4, 0.5) is 0 Å². The molecule has 0 unspecified atom stereocenters. The fraction of sp³-hybridized carbons (Fsp3) is 0.393. The van der Waals surface area contributed by atoms with E-state index in [-0.39, 0.29) is 12.0 Å². The number of hydrogen-bond acceptors (Lipinski definition) is 6. The number of fused-ring (bicyclic) bond motifs is 1. The number of pyridine rings is 1. The summed E-state index contributed by atoms with van der Waals surface area (Å²) in [6.45, 7) is 4.27. The van der Waals surface area contributed by atoms with Crippen molar-refractivity contribution in [2.24, 2.45) is 5.92 Å². The van der Waals surface area contributed by atoms with Crippen LogP contribution in [0, 0.1) is 5.92 Å². The minimum Gasteiger partial charge on any atom is -0.342 e. The minimum absolute atomic E-state index is 0.115. The zero-order valence-electron chi connectivity index (χ0n) is 20.7. The molecule has 190 valence electrons. The van der Waals surface area contributed by atoms with Gasteiger partial charge in [0.1, 0.15) is 5.69 Å². The summed E-state index contributed by atoms with van der Waals surface area (Å²) in [6, 6.07) is 14.0. The molecule has 0 spiro atoms. The lowest BCUT2D eigenvalue weighted by Gasteiger charge is -2.38.